The number of hydrogen-bond donors (Lipinski definition) is 2. The fraction of sp³-hybridized carbons (Fsp3) is 1.00. The molecular formula is C9H19N2NaO3S. The van der Waals surface area contributed by atoms with E-state index in [-0.39, 0.29) is 29.6 Å². The third-order valence-electron chi connectivity index (χ3n) is 3.54. The quantitative estimate of drug-likeness (QED) is 0.547. The van der Waals surface area contributed by atoms with Crippen molar-refractivity contribution in [3.63, 3.8) is 0 Å². The van der Waals surface area contributed by atoms with Gasteiger partial charge in [0, 0.05) is 13.1 Å². The van der Waals surface area contributed by atoms with Crippen LogP contribution in [0.4, 0.5) is 0 Å². The van der Waals surface area contributed by atoms with Gasteiger partial charge in [0.05, 0.1) is 0 Å². The Balaban J connectivity index is 0.00000128. The molecule has 16 heavy (non-hydrogen) atoms. The van der Waals surface area contributed by atoms with Gasteiger partial charge in [0.15, 0.2) is 0 Å². The van der Waals surface area contributed by atoms with Crippen LogP contribution < -0.4 is 4.83 Å². The van der Waals surface area contributed by atoms with E-state index in [1.165, 1.54) is 25.7 Å². The Hall–Kier alpha value is 0.830. The average molecular weight is 258 g/mol. The molecule has 1 heterocycles. The molecule has 1 saturated carbocycles. The van der Waals surface area contributed by atoms with Crippen LogP contribution in [0.1, 0.15) is 32.1 Å². The predicted octanol–water partition coefficient (Wildman–Crippen LogP) is 0.157. The second kappa shape index (κ2) is 6.13. The van der Waals surface area contributed by atoms with Crippen LogP contribution in [-0.4, -0.2) is 60.6 Å². The van der Waals surface area contributed by atoms with Crippen molar-refractivity contribution in [1.29, 1.82) is 0 Å². The fourth-order valence-electron chi connectivity index (χ4n) is 2.85. The van der Waals surface area contributed by atoms with Gasteiger partial charge in [-0.25, -0.2) is 5.01 Å². The number of fused-ring (bicyclic) bond motifs is 1. The van der Waals surface area contributed by atoms with Crippen LogP contribution in [0.15, 0.2) is 0 Å². The second-order valence-electron chi connectivity index (χ2n) is 4.61. The van der Waals surface area contributed by atoms with E-state index in [9.17, 15) is 8.42 Å². The molecule has 0 bridgehead atoms. The molecule has 0 radical (unpaired) electrons. The van der Waals surface area contributed by atoms with Gasteiger partial charge in [-0.15, -0.1) is 4.83 Å². The van der Waals surface area contributed by atoms with E-state index in [4.69, 9.17) is 4.55 Å². The molecule has 2 N–H and O–H groups in total. The molecule has 2 aliphatic rings. The molecule has 2 fully saturated rings. The molecular weight excluding hydrogens is 239 g/mol. The Labute approximate surface area is 119 Å². The normalized spacial score (nSPS) is 31.6. The van der Waals surface area contributed by atoms with Gasteiger partial charge < -0.3 is 0 Å². The van der Waals surface area contributed by atoms with Crippen molar-refractivity contribution in [2.24, 2.45) is 11.8 Å². The van der Waals surface area contributed by atoms with Gasteiger partial charge in [-0.3, -0.25) is 4.55 Å². The van der Waals surface area contributed by atoms with Gasteiger partial charge in [-0.1, -0.05) is 19.3 Å². The first-order valence-corrected chi connectivity index (χ1v) is 6.98. The summed E-state index contributed by atoms with van der Waals surface area (Å²) in [6, 6.07) is 0. The van der Waals surface area contributed by atoms with Crippen molar-refractivity contribution in [2.45, 2.75) is 32.1 Å². The van der Waals surface area contributed by atoms with Crippen LogP contribution in [0.25, 0.3) is 0 Å². The minimum atomic E-state index is -4.09. The van der Waals surface area contributed by atoms with E-state index in [0.717, 1.165) is 18.9 Å². The summed E-state index contributed by atoms with van der Waals surface area (Å²) in [7, 11) is -4.09. The third kappa shape index (κ3) is 4.25. The van der Waals surface area contributed by atoms with Crippen molar-refractivity contribution in [3.05, 3.63) is 0 Å². The van der Waals surface area contributed by atoms with Gasteiger partial charge in [0.2, 0.25) is 0 Å². The van der Waals surface area contributed by atoms with Crippen LogP contribution >= 0.6 is 0 Å². The molecule has 5 nitrogen and oxygen atoms in total. The fourth-order valence-corrected chi connectivity index (χ4v) is 3.34. The zero-order valence-electron chi connectivity index (χ0n) is 8.72. The summed E-state index contributed by atoms with van der Waals surface area (Å²) in [5.74, 6) is 1.36. The molecule has 7 heteroatoms. The van der Waals surface area contributed by atoms with E-state index in [0.29, 0.717) is 12.5 Å². The van der Waals surface area contributed by atoms with Crippen molar-refractivity contribution in [1.82, 2.24) is 9.84 Å². The summed E-state index contributed by atoms with van der Waals surface area (Å²) in [5.41, 5.74) is 0. The Bertz CT molecular complexity index is 323. The number of nitrogens with zero attached hydrogens (tertiary/aromatic N) is 1. The maximum atomic E-state index is 10.7. The zero-order chi connectivity index (χ0) is 10.9. The summed E-state index contributed by atoms with van der Waals surface area (Å²) in [5, 5.41) is 1.63. The standard InChI is InChI=1S/C9H18N2O3S.Na.H/c12-15(13,14)10-11-6-5-8-3-1-2-4-9(8)7-11;;/h8-10H,1-7H2,(H,12,13,14);;. The predicted molar refractivity (Wildman–Crippen MR) is 63.5 cm³/mol. The van der Waals surface area contributed by atoms with E-state index < -0.39 is 10.3 Å². The molecule has 2 atom stereocenters. The molecule has 2 unspecified atom stereocenters. The van der Waals surface area contributed by atoms with Gasteiger partial charge >= 0.3 is 39.9 Å². The summed E-state index contributed by atoms with van der Waals surface area (Å²) in [6.45, 7) is 1.45. The number of rotatable bonds is 2. The van der Waals surface area contributed by atoms with Crippen molar-refractivity contribution >= 4 is 39.9 Å². The summed E-state index contributed by atoms with van der Waals surface area (Å²) in [6.07, 6.45) is 6.07. The molecule has 0 aromatic carbocycles. The summed E-state index contributed by atoms with van der Waals surface area (Å²) in [4.78, 5) is 2.15. The van der Waals surface area contributed by atoms with Gasteiger partial charge in [0.1, 0.15) is 0 Å². The average Bonchev–Trinajstić information content (AvgIpc) is 2.15. The molecule has 0 aromatic rings. The first-order valence-electron chi connectivity index (χ1n) is 5.54. The second-order valence-corrected chi connectivity index (χ2v) is 5.74. The Morgan fingerprint density at radius 3 is 2.38 bits per heavy atom. The minimum absolute atomic E-state index is 0. The number of hydrogen-bond acceptors (Lipinski definition) is 3. The van der Waals surface area contributed by atoms with E-state index >= 15 is 0 Å². The van der Waals surface area contributed by atoms with Crippen LogP contribution in [0.3, 0.4) is 0 Å². The van der Waals surface area contributed by atoms with E-state index in [1.54, 1.807) is 5.01 Å². The van der Waals surface area contributed by atoms with Crippen LogP contribution in [0.5, 0.6) is 0 Å². The molecule has 0 spiro atoms. The first kappa shape index (κ1) is 14.9. The Morgan fingerprint density at radius 2 is 1.75 bits per heavy atom. The maximum absolute atomic E-state index is 10.7. The first-order chi connectivity index (χ1) is 7.04. The molecule has 1 aliphatic heterocycles. The summed E-state index contributed by atoms with van der Waals surface area (Å²) < 4.78 is 30.0. The molecule has 90 valence electrons. The van der Waals surface area contributed by atoms with Crippen LogP contribution in [0.2, 0.25) is 0 Å². The molecule has 2 rings (SSSR count). The number of nitrogens with one attached hydrogen (secondary N) is 1. The van der Waals surface area contributed by atoms with Gasteiger partial charge in [-0.2, -0.15) is 8.42 Å². The van der Waals surface area contributed by atoms with Gasteiger partial charge in [-0.05, 0) is 24.7 Å². The van der Waals surface area contributed by atoms with Crippen molar-refractivity contribution in [2.75, 3.05) is 13.1 Å². The third-order valence-corrected chi connectivity index (χ3v) is 4.02. The van der Waals surface area contributed by atoms with E-state index in [2.05, 4.69) is 4.83 Å². The molecule has 0 aromatic heterocycles. The SMILES string of the molecule is O=S(=O)(O)NN1CCC2CCCCC2C1.[NaH]. The van der Waals surface area contributed by atoms with E-state index in [1.807, 2.05) is 0 Å². The summed E-state index contributed by atoms with van der Waals surface area (Å²) >= 11 is 0. The Kier molecular flexibility index (Phi) is 5.71. The number of hydrazine groups is 1. The molecule has 1 saturated heterocycles. The monoisotopic (exact) mass is 258 g/mol. The molecule has 1 aliphatic carbocycles. The molecule has 0 amide bonds. The zero-order valence-corrected chi connectivity index (χ0v) is 9.54. The van der Waals surface area contributed by atoms with Crippen LogP contribution in [0, 0.1) is 11.8 Å². The van der Waals surface area contributed by atoms with Crippen molar-refractivity contribution < 1.29 is 13.0 Å². The van der Waals surface area contributed by atoms with Crippen LogP contribution in [-0.2, 0) is 10.3 Å². The number of piperidine rings is 1. The topological polar surface area (TPSA) is 69.6 Å². The van der Waals surface area contributed by atoms with Crippen molar-refractivity contribution in [3.8, 4) is 0 Å². The Morgan fingerprint density at radius 1 is 1.12 bits per heavy atom. The van der Waals surface area contributed by atoms with Gasteiger partial charge in [0.25, 0.3) is 0 Å².